The number of nitrogens with zero attached hydrogens (tertiary/aromatic N) is 3. The molecule has 0 saturated carbocycles. The third-order valence-electron chi connectivity index (χ3n) is 4.93. The zero-order chi connectivity index (χ0) is 18.1. The molecule has 6 heteroatoms. The van der Waals surface area contributed by atoms with Gasteiger partial charge in [-0.1, -0.05) is 36.4 Å². The smallest absolute Gasteiger partial charge is 0.272 e. The standard InChI is InChI=1S/C20H19F2N3O/c1-26-17-9-5-8-16-18(17)19(24-13-23-16)25-11-10-15(20(21,22)12-25)14-6-3-2-4-7-14/h2-9,13,15H,10-12H2,1H3. The highest BCUT2D eigenvalue weighted by Crippen LogP contribution is 2.42. The quantitative estimate of drug-likeness (QED) is 0.703. The second-order valence-corrected chi connectivity index (χ2v) is 6.49. The molecular formula is C20H19F2N3O. The van der Waals surface area contributed by atoms with E-state index in [1.165, 1.54) is 6.33 Å². The molecule has 0 bridgehead atoms. The highest BCUT2D eigenvalue weighted by Gasteiger charge is 2.45. The molecule has 1 atom stereocenters. The maximum atomic E-state index is 15.0. The first kappa shape index (κ1) is 16.7. The molecule has 0 spiro atoms. The molecule has 4 nitrogen and oxygen atoms in total. The number of methoxy groups -OCH3 is 1. The van der Waals surface area contributed by atoms with E-state index in [0.717, 1.165) is 0 Å². The van der Waals surface area contributed by atoms with E-state index in [1.807, 2.05) is 18.2 Å². The summed E-state index contributed by atoms with van der Waals surface area (Å²) in [6, 6.07) is 14.5. The van der Waals surface area contributed by atoms with Crippen LogP contribution in [0, 0.1) is 0 Å². The average Bonchev–Trinajstić information content (AvgIpc) is 2.67. The minimum Gasteiger partial charge on any atom is -0.496 e. The number of halogens is 2. The van der Waals surface area contributed by atoms with Crippen LogP contribution in [0.1, 0.15) is 17.9 Å². The predicted octanol–water partition coefficient (Wildman–Crippen LogP) is 4.27. The molecule has 0 radical (unpaired) electrons. The second-order valence-electron chi connectivity index (χ2n) is 6.49. The van der Waals surface area contributed by atoms with Crippen molar-refractivity contribution in [2.75, 3.05) is 25.1 Å². The molecule has 2 heterocycles. The maximum absolute atomic E-state index is 15.0. The van der Waals surface area contributed by atoms with Gasteiger partial charge in [0.25, 0.3) is 5.92 Å². The van der Waals surface area contributed by atoms with Gasteiger partial charge in [-0.2, -0.15) is 0 Å². The molecule has 1 fully saturated rings. The number of hydrogen-bond acceptors (Lipinski definition) is 4. The van der Waals surface area contributed by atoms with Gasteiger partial charge < -0.3 is 9.64 Å². The molecule has 3 aromatic rings. The summed E-state index contributed by atoms with van der Waals surface area (Å²) < 4.78 is 35.3. The van der Waals surface area contributed by atoms with E-state index in [0.29, 0.717) is 41.0 Å². The Morgan fingerprint density at radius 1 is 1.08 bits per heavy atom. The van der Waals surface area contributed by atoms with Crippen LogP contribution in [0.3, 0.4) is 0 Å². The van der Waals surface area contributed by atoms with Gasteiger partial charge in [-0.3, -0.25) is 0 Å². The van der Waals surface area contributed by atoms with Gasteiger partial charge in [-0.15, -0.1) is 0 Å². The summed E-state index contributed by atoms with van der Waals surface area (Å²) in [4.78, 5) is 10.2. The maximum Gasteiger partial charge on any atom is 0.272 e. The number of hydrogen-bond donors (Lipinski definition) is 0. The highest BCUT2D eigenvalue weighted by molar-refractivity contribution is 5.94. The third kappa shape index (κ3) is 2.85. The molecule has 1 saturated heterocycles. The van der Waals surface area contributed by atoms with Gasteiger partial charge in [0, 0.05) is 6.54 Å². The zero-order valence-corrected chi connectivity index (χ0v) is 14.4. The van der Waals surface area contributed by atoms with Crippen LogP contribution in [0.5, 0.6) is 5.75 Å². The van der Waals surface area contributed by atoms with Crippen LogP contribution in [0.2, 0.25) is 0 Å². The van der Waals surface area contributed by atoms with Crippen molar-refractivity contribution in [3.8, 4) is 5.75 Å². The number of fused-ring (bicyclic) bond motifs is 1. The Morgan fingerprint density at radius 3 is 2.62 bits per heavy atom. The minimum absolute atomic E-state index is 0.359. The third-order valence-corrected chi connectivity index (χ3v) is 4.93. The van der Waals surface area contributed by atoms with Crippen molar-refractivity contribution in [3.63, 3.8) is 0 Å². The van der Waals surface area contributed by atoms with E-state index in [1.54, 1.807) is 42.3 Å². The van der Waals surface area contributed by atoms with Crippen molar-refractivity contribution in [1.29, 1.82) is 0 Å². The van der Waals surface area contributed by atoms with Crippen LogP contribution >= 0.6 is 0 Å². The molecule has 0 amide bonds. The Labute approximate surface area is 150 Å². The summed E-state index contributed by atoms with van der Waals surface area (Å²) in [5.41, 5.74) is 1.37. The van der Waals surface area contributed by atoms with Gasteiger partial charge >= 0.3 is 0 Å². The van der Waals surface area contributed by atoms with Crippen molar-refractivity contribution in [3.05, 3.63) is 60.4 Å². The molecule has 0 aliphatic carbocycles. The van der Waals surface area contributed by atoms with Crippen molar-refractivity contribution in [2.24, 2.45) is 0 Å². The van der Waals surface area contributed by atoms with Crippen molar-refractivity contribution >= 4 is 16.7 Å². The molecule has 1 aromatic heterocycles. The first-order chi connectivity index (χ1) is 12.6. The largest absolute Gasteiger partial charge is 0.496 e. The van der Waals surface area contributed by atoms with E-state index >= 15 is 0 Å². The van der Waals surface area contributed by atoms with Gasteiger partial charge in [-0.05, 0) is 24.1 Å². The van der Waals surface area contributed by atoms with Crippen LogP contribution in [0.25, 0.3) is 10.9 Å². The van der Waals surface area contributed by atoms with Crippen molar-refractivity contribution in [1.82, 2.24) is 9.97 Å². The summed E-state index contributed by atoms with van der Waals surface area (Å²) in [5.74, 6) is -2.54. The van der Waals surface area contributed by atoms with Crippen LogP contribution < -0.4 is 9.64 Å². The fourth-order valence-electron chi connectivity index (χ4n) is 3.69. The fourth-order valence-corrected chi connectivity index (χ4v) is 3.69. The number of alkyl halides is 2. The summed E-state index contributed by atoms with van der Waals surface area (Å²) in [6.07, 6.45) is 1.77. The van der Waals surface area contributed by atoms with Gasteiger partial charge in [0.15, 0.2) is 0 Å². The number of anilines is 1. The van der Waals surface area contributed by atoms with E-state index in [4.69, 9.17) is 4.74 Å². The molecule has 0 N–H and O–H groups in total. The number of benzene rings is 2. The second kappa shape index (κ2) is 6.52. The molecule has 1 unspecified atom stereocenters. The first-order valence-electron chi connectivity index (χ1n) is 8.55. The monoisotopic (exact) mass is 355 g/mol. The highest BCUT2D eigenvalue weighted by atomic mass is 19.3. The Hall–Kier alpha value is -2.76. The average molecular weight is 355 g/mol. The predicted molar refractivity (Wildman–Crippen MR) is 97.1 cm³/mol. The van der Waals surface area contributed by atoms with Crippen LogP contribution in [-0.2, 0) is 0 Å². The Balaban J connectivity index is 1.70. The van der Waals surface area contributed by atoms with Crippen LogP contribution in [-0.4, -0.2) is 36.1 Å². The van der Waals surface area contributed by atoms with Gasteiger partial charge in [-0.25, -0.2) is 18.7 Å². The summed E-state index contributed by atoms with van der Waals surface area (Å²) in [5, 5.41) is 0.673. The lowest BCUT2D eigenvalue weighted by Gasteiger charge is -2.39. The summed E-state index contributed by atoms with van der Waals surface area (Å²) in [6.45, 7) is 0.121. The lowest BCUT2D eigenvalue weighted by molar-refractivity contribution is -0.0332. The van der Waals surface area contributed by atoms with E-state index in [2.05, 4.69) is 9.97 Å². The van der Waals surface area contributed by atoms with Crippen LogP contribution in [0.4, 0.5) is 14.6 Å². The normalized spacial score (nSPS) is 19.5. The lowest BCUT2D eigenvalue weighted by atomic mass is 9.86. The Bertz CT molecular complexity index is 912. The number of piperidine rings is 1. The Kier molecular flexibility index (Phi) is 4.18. The molecule has 2 aromatic carbocycles. The lowest BCUT2D eigenvalue weighted by Crippen LogP contribution is -2.47. The first-order valence-corrected chi connectivity index (χ1v) is 8.55. The SMILES string of the molecule is COc1cccc2ncnc(N3CCC(c4ccccc4)C(F)(F)C3)c12. The molecule has 134 valence electrons. The van der Waals surface area contributed by atoms with E-state index in [-0.39, 0.29) is 6.54 Å². The van der Waals surface area contributed by atoms with E-state index < -0.39 is 11.8 Å². The zero-order valence-electron chi connectivity index (χ0n) is 14.4. The number of ether oxygens (including phenoxy) is 1. The van der Waals surface area contributed by atoms with Gasteiger partial charge in [0.1, 0.15) is 17.9 Å². The Morgan fingerprint density at radius 2 is 1.88 bits per heavy atom. The number of aromatic nitrogens is 2. The topological polar surface area (TPSA) is 38.3 Å². The summed E-state index contributed by atoms with van der Waals surface area (Å²) >= 11 is 0. The number of rotatable bonds is 3. The van der Waals surface area contributed by atoms with Gasteiger partial charge in [0.2, 0.25) is 0 Å². The fraction of sp³-hybridized carbons (Fsp3) is 0.300. The van der Waals surface area contributed by atoms with Crippen LogP contribution in [0.15, 0.2) is 54.9 Å². The molecule has 1 aliphatic heterocycles. The van der Waals surface area contributed by atoms with E-state index in [9.17, 15) is 8.78 Å². The van der Waals surface area contributed by atoms with Crippen molar-refractivity contribution in [2.45, 2.75) is 18.3 Å². The van der Waals surface area contributed by atoms with Gasteiger partial charge in [0.05, 0.1) is 30.5 Å². The summed E-state index contributed by atoms with van der Waals surface area (Å²) in [7, 11) is 1.56. The molecule has 4 rings (SSSR count). The van der Waals surface area contributed by atoms with Crippen molar-refractivity contribution < 1.29 is 13.5 Å². The molecular weight excluding hydrogens is 336 g/mol. The molecule has 26 heavy (non-hydrogen) atoms. The minimum atomic E-state index is -2.85. The molecule has 1 aliphatic rings.